The number of hydrogen-bond acceptors (Lipinski definition) is 10. The van der Waals surface area contributed by atoms with E-state index < -0.39 is 57.8 Å². The maximum Gasteiger partial charge on any atom is 0.472 e. The van der Waals surface area contributed by atoms with Crippen LogP contribution in [-0.2, 0) is 42.2 Å². The van der Waals surface area contributed by atoms with Crippen molar-refractivity contribution in [3.63, 3.8) is 0 Å². The Kier molecular flexibility index (Phi) is 59.1. The van der Waals surface area contributed by atoms with Gasteiger partial charge in [-0.25, -0.2) is 4.57 Å². The maximum absolute atomic E-state index is 13.0. The summed E-state index contributed by atoms with van der Waals surface area (Å²) in [5, 5.41) is 9.86. The topological polar surface area (TPSA) is 155 Å². The van der Waals surface area contributed by atoms with E-state index in [-0.39, 0.29) is 25.9 Å². The van der Waals surface area contributed by atoms with Crippen LogP contribution in [0.25, 0.3) is 0 Å². The molecule has 2 N–H and O–H groups in total. The summed E-state index contributed by atoms with van der Waals surface area (Å²) in [6.07, 6.45) is 72.4. The first-order valence-electron chi connectivity index (χ1n) is 32.5. The molecule has 0 heterocycles. The average Bonchev–Trinajstić information content (AvgIpc) is 3.45. The van der Waals surface area contributed by atoms with Gasteiger partial charge < -0.3 is 24.2 Å². The highest BCUT2D eigenvalue weighted by Gasteiger charge is 2.28. The molecule has 0 aliphatic rings. The number of carbonyl (C=O) groups is 3. The van der Waals surface area contributed by atoms with Crippen molar-refractivity contribution in [2.75, 3.05) is 26.4 Å². The van der Waals surface area contributed by atoms with Crippen molar-refractivity contribution in [2.24, 2.45) is 0 Å². The van der Waals surface area contributed by atoms with Crippen molar-refractivity contribution in [3.05, 3.63) is 85.1 Å². The third kappa shape index (κ3) is 59.3. The van der Waals surface area contributed by atoms with E-state index >= 15 is 0 Å². The van der Waals surface area contributed by atoms with Gasteiger partial charge in [0.25, 0.3) is 0 Å². The predicted octanol–water partition coefficient (Wildman–Crippen LogP) is 19.8. The largest absolute Gasteiger partial charge is 0.472 e. The summed E-state index contributed by atoms with van der Waals surface area (Å²) in [6.45, 7) is 4.51. The average molecular weight is 1140 g/mol. The zero-order chi connectivity index (χ0) is 58.3. The van der Waals surface area contributed by atoms with E-state index in [2.05, 4.69) is 106 Å². The minimum atomic E-state index is -4.77. The third-order valence-corrected chi connectivity index (χ3v) is 14.8. The van der Waals surface area contributed by atoms with E-state index in [1.165, 1.54) is 122 Å². The molecule has 0 saturated carbocycles. The van der Waals surface area contributed by atoms with E-state index in [1.807, 2.05) is 0 Å². The SMILES string of the molecule is CC/C=C\C/C=C\C/C=C\C/C=C\C/C=C\CCCCCC(=O)OC(COC(=O)CCCCCCCCC/C=C\C/C=C\CCCCC)COP(=O)(O)OCC(CO)OC(=O)CCCCCCCCCCCCCCCCCCC. The molecule has 0 radical (unpaired) electrons. The summed E-state index contributed by atoms with van der Waals surface area (Å²) >= 11 is 0. The van der Waals surface area contributed by atoms with Crippen molar-refractivity contribution < 1.29 is 52.2 Å². The second-order valence-corrected chi connectivity index (χ2v) is 23.0. The van der Waals surface area contributed by atoms with Crippen LogP contribution in [0.4, 0.5) is 0 Å². The molecule has 12 heteroatoms. The smallest absolute Gasteiger partial charge is 0.462 e. The zero-order valence-corrected chi connectivity index (χ0v) is 52.2. The maximum atomic E-state index is 13.0. The predicted molar refractivity (Wildman–Crippen MR) is 334 cm³/mol. The number of phosphoric acid groups is 1. The molecular weight excluding hydrogens is 1020 g/mol. The highest BCUT2D eigenvalue weighted by atomic mass is 31.2. The number of rotatable bonds is 60. The second-order valence-electron chi connectivity index (χ2n) is 21.6. The van der Waals surface area contributed by atoms with Crippen LogP contribution in [0.1, 0.15) is 290 Å². The first-order chi connectivity index (χ1) is 39.2. The standard InChI is InChI=1S/C68H119O11P/c1-4-7-10-13-16-19-22-25-28-31-32-35-38-41-44-47-50-53-56-59-68(72)79-65(61-75-66(70)57-54-51-48-45-42-39-36-33-29-26-23-20-17-14-11-8-5-2)63-77-80(73,74)76-62-64(60-69)78-67(71)58-55-52-49-46-43-40-37-34-30-27-24-21-18-15-12-9-6-3/h7,10,16-17,19-20,25-26,28-29,32,35,41,44,64-65,69H,4-6,8-9,11-15,18,21-24,27,30-31,33-34,36-40,42-43,45-63H2,1-3H3,(H,73,74)/b10-7-,19-16-,20-17-,28-25-,29-26-,35-32-,44-41-. The first-order valence-corrected chi connectivity index (χ1v) is 34.0. The third-order valence-electron chi connectivity index (χ3n) is 13.8. The normalized spacial score (nSPS) is 13.8. The van der Waals surface area contributed by atoms with Gasteiger partial charge in [0.2, 0.25) is 0 Å². The van der Waals surface area contributed by atoms with Gasteiger partial charge in [-0.05, 0) is 96.3 Å². The molecule has 0 aromatic heterocycles. The van der Waals surface area contributed by atoms with E-state index in [0.29, 0.717) is 19.3 Å². The first kappa shape index (κ1) is 76.7. The highest BCUT2D eigenvalue weighted by Crippen LogP contribution is 2.43. The molecule has 0 amide bonds. The Labute approximate surface area is 490 Å². The lowest BCUT2D eigenvalue weighted by Crippen LogP contribution is -2.30. The molecule has 0 saturated heterocycles. The zero-order valence-electron chi connectivity index (χ0n) is 51.3. The van der Waals surface area contributed by atoms with Gasteiger partial charge in [0.05, 0.1) is 19.8 Å². The Hall–Kier alpha value is -3.34. The van der Waals surface area contributed by atoms with Crippen LogP contribution < -0.4 is 0 Å². The van der Waals surface area contributed by atoms with Crippen LogP contribution in [-0.4, -0.2) is 66.5 Å². The van der Waals surface area contributed by atoms with Gasteiger partial charge in [0, 0.05) is 19.3 Å². The Morgan fingerprint density at radius 1 is 0.362 bits per heavy atom. The highest BCUT2D eigenvalue weighted by molar-refractivity contribution is 7.47. The number of phosphoric ester groups is 1. The Morgan fingerprint density at radius 3 is 1.04 bits per heavy atom. The molecule has 0 aromatic carbocycles. The van der Waals surface area contributed by atoms with E-state index in [4.69, 9.17) is 23.3 Å². The van der Waals surface area contributed by atoms with Gasteiger partial charge in [-0.2, -0.15) is 0 Å². The lowest BCUT2D eigenvalue weighted by molar-refractivity contribution is -0.161. The molecule has 80 heavy (non-hydrogen) atoms. The Bertz CT molecular complexity index is 1670. The lowest BCUT2D eigenvalue weighted by atomic mass is 10.0. The monoisotopic (exact) mass is 1140 g/mol. The molecule has 0 rings (SSSR count). The van der Waals surface area contributed by atoms with Crippen LogP contribution in [0, 0.1) is 0 Å². The number of unbranched alkanes of at least 4 members (excludes halogenated alkanes) is 29. The van der Waals surface area contributed by atoms with Crippen molar-refractivity contribution in [3.8, 4) is 0 Å². The number of allylic oxidation sites excluding steroid dienone is 14. The molecule has 462 valence electrons. The van der Waals surface area contributed by atoms with Crippen LogP contribution in [0.5, 0.6) is 0 Å². The van der Waals surface area contributed by atoms with E-state index in [9.17, 15) is 28.9 Å². The van der Waals surface area contributed by atoms with E-state index in [1.54, 1.807) is 0 Å². The van der Waals surface area contributed by atoms with Gasteiger partial charge in [-0.15, -0.1) is 0 Å². The number of aliphatic hydroxyl groups is 1. The number of aliphatic hydroxyl groups excluding tert-OH is 1. The van der Waals surface area contributed by atoms with Crippen molar-refractivity contribution >= 4 is 25.7 Å². The number of hydrogen-bond donors (Lipinski definition) is 2. The number of ether oxygens (including phenoxy) is 3. The molecule has 0 bridgehead atoms. The fourth-order valence-corrected chi connectivity index (χ4v) is 9.67. The molecule has 3 atom stereocenters. The number of esters is 3. The quantitative estimate of drug-likeness (QED) is 0.0197. The van der Waals surface area contributed by atoms with Gasteiger partial charge in [0.1, 0.15) is 12.7 Å². The minimum Gasteiger partial charge on any atom is -0.462 e. The van der Waals surface area contributed by atoms with E-state index in [0.717, 1.165) is 109 Å². The fraction of sp³-hybridized carbons (Fsp3) is 0.750. The molecule has 0 aromatic rings. The Morgan fingerprint density at radius 2 is 0.650 bits per heavy atom. The summed E-state index contributed by atoms with van der Waals surface area (Å²) < 4.78 is 39.7. The molecule has 0 aliphatic carbocycles. The van der Waals surface area contributed by atoms with Crippen LogP contribution >= 0.6 is 7.82 Å². The van der Waals surface area contributed by atoms with Crippen molar-refractivity contribution in [1.82, 2.24) is 0 Å². The van der Waals surface area contributed by atoms with Crippen LogP contribution in [0.2, 0.25) is 0 Å². The van der Waals surface area contributed by atoms with Crippen LogP contribution in [0.3, 0.4) is 0 Å². The molecule has 3 unspecified atom stereocenters. The van der Waals surface area contributed by atoms with Crippen LogP contribution in [0.15, 0.2) is 85.1 Å². The van der Waals surface area contributed by atoms with Gasteiger partial charge in [-0.3, -0.25) is 23.4 Å². The van der Waals surface area contributed by atoms with Gasteiger partial charge >= 0.3 is 25.7 Å². The Balaban J connectivity index is 4.75. The molecule has 0 fully saturated rings. The molecule has 0 spiro atoms. The lowest BCUT2D eigenvalue weighted by Gasteiger charge is -2.21. The second kappa shape index (κ2) is 61.7. The summed E-state index contributed by atoms with van der Waals surface area (Å²) in [5.74, 6) is -1.50. The molecule has 0 aliphatic heterocycles. The summed E-state index contributed by atoms with van der Waals surface area (Å²) in [7, 11) is -4.77. The minimum absolute atomic E-state index is 0.125. The van der Waals surface area contributed by atoms with Crippen molar-refractivity contribution in [2.45, 2.75) is 303 Å². The summed E-state index contributed by atoms with van der Waals surface area (Å²) in [6, 6.07) is 0. The van der Waals surface area contributed by atoms with Gasteiger partial charge in [0.15, 0.2) is 6.10 Å². The summed E-state index contributed by atoms with van der Waals surface area (Å²) in [4.78, 5) is 48.8. The molecular formula is C68H119O11P. The fourth-order valence-electron chi connectivity index (χ4n) is 8.89. The molecule has 11 nitrogen and oxygen atoms in total. The van der Waals surface area contributed by atoms with Crippen molar-refractivity contribution in [1.29, 1.82) is 0 Å². The number of carbonyl (C=O) groups excluding carboxylic acids is 3. The van der Waals surface area contributed by atoms with Gasteiger partial charge in [-0.1, -0.05) is 260 Å². The summed E-state index contributed by atoms with van der Waals surface area (Å²) in [5.41, 5.74) is 0.